The van der Waals surface area contributed by atoms with Crippen molar-refractivity contribution in [3.05, 3.63) is 133 Å². The summed E-state index contributed by atoms with van der Waals surface area (Å²) in [7, 11) is 0. The van der Waals surface area contributed by atoms with E-state index < -0.39 is 0 Å². The number of fused-ring (bicyclic) bond motifs is 5. The standard InChI is InChI=1S/C34H23NO/c1-2-9-23(10-3-1)24-17-20-26(21-18-24)35-32-16-7-6-13-28(32)29-14-8-15-30-31-22-19-25-11-4-5-12-27(25)33(31)36-34(29)30/h1-22,35H. The Morgan fingerprint density at radius 3 is 1.97 bits per heavy atom. The van der Waals surface area contributed by atoms with Gasteiger partial charge in [-0.2, -0.15) is 0 Å². The molecule has 0 spiro atoms. The molecule has 1 aromatic heterocycles. The maximum atomic E-state index is 6.59. The van der Waals surface area contributed by atoms with E-state index in [1.54, 1.807) is 0 Å². The maximum Gasteiger partial charge on any atom is 0.143 e. The first-order valence-corrected chi connectivity index (χ1v) is 12.2. The van der Waals surface area contributed by atoms with Gasteiger partial charge in [0.15, 0.2) is 0 Å². The summed E-state index contributed by atoms with van der Waals surface area (Å²) >= 11 is 0. The molecule has 0 fully saturated rings. The molecule has 0 bridgehead atoms. The second-order valence-electron chi connectivity index (χ2n) is 9.06. The zero-order chi connectivity index (χ0) is 23.9. The fraction of sp³-hybridized carbons (Fsp3) is 0. The van der Waals surface area contributed by atoms with Gasteiger partial charge in [0.2, 0.25) is 0 Å². The molecule has 0 aliphatic rings. The fourth-order valence-corrected chi connectivity index (χ4v) is 5.10. The monoisotopic (exact) mass is 461 g/mol. The van der Waals surface area contributed by atoms with E-state index >= 15 is 0 Å². The van der Waals surface area contributed by atoms with Crippen LogP contribution in [-0.4, -0.2) is 0 Å². The topological polar surface area (TPSA) is 25.2 Å². The Bertz CT molecular complexity index is 1850. The summed E-state index contributed by atoms with van der Waals surface area (Å²) in [6.45, 7) is 0. The number of nitrogens with one attached hydrogen (secondary N) is 1. The molecule has 1 N–H and O–H groups in total. The summed E-state index contributed by atoms with van der Waals surface area (Å²) in [5, 5.41) is 8.24. The third-order valence-electron chi connectivity index (χ3n) is 6.88. The minimum absolute atomic E-state index is 0.914. The Balaban J connectivity index is 1.32. The normalized spacial score (nSPS) is 11.3. The van der Waals surface area contributed by atoms with Gasteiger partial charge in [-0.05, 0) is 40.8 Å². The van der Waals surface area contributed by atoms with Crippen LogP contribution >= 0.6 is 0 Å². The Hall–Kier alpha value is -4.82. The second-order valence-corrected chi connectivity index (χ2v) is 9.06. The van der Waals surface area contributed by atoms with Crippen LogP contribution in [0, 0.1) is 0 Å². The van der Waals surface area contributed by atoms with Crippen molar-refractivity contribution in [2.75, 3.05) is 5.32 Å². The number of para-hydroxylation sites is 2. The summed E-state index contributed by atoms with van der Waals surface area (Å²) < 4.78 is 6.59. The molecule has 2 heteroatoms. The Kier molecular flexibility index (Phi) is 4.82. The molecule has 0 saturated carbocycles. The quantitative estimate of drug-likeness (QED) is 0.282. The molecule has 0 saturated heterocycles. The highest BCUT2D eigenvalue weighted by molar-refractivity contribution is 6.17. The van der Waals surface area contributed by atoms with Crippen LogP contribution in [0.1, 0.15) is 0 Å². The molecule has 36 heavy (non-hydrogen) atoms. The van der Waals surface area contributed by atoms with Crippen molar-refractivity contribution in [2.45, 2.75) is 0 Å². The molecule has 0 aliphatic carbocycles. The zero-order valence-electron chi connectivity index (χ0n) is 19.6. The molecule has 2 nitrogen and oxygen atoms in total. The summed E-state index contributed by atoms with van der Waals surface area (Å²) in [4.78, 5) is 0. The van der Waals surface area contributed by atoms with Crippen molar-refractivity contribution in [2.24, 2.45) is 0 Å². The number of furan rings is 1. The Morgan fingerprint density at radius 1 is 0.417 bits per heavy atom. The number of benzene rings is 6. The van der Waals surface area contributed by atoms with Crippen molar-refractivity contribution in [1.29, 1.82) is 0 Å². The summed E-state index contributed by atoms with van der Waals surface area (Å²) in [5.41, 5.74) is 8.56. The van der Waals surface area contributed by atoms with E-state index in [-0.39, 0.29) is 0 Å². The molecule has 170 valence electrons. The van der Waals surface area contributed by atoms with Gasteiger partial charge < -0.3 is 9.73 Å². The first-order chi connectivity index (χ1) is 17.8. The molecule has 7 rings (SSSR count). The van der Waals surface area contributed by atoms with Gasteiger partial charge in [0, 0.05) is 38.7 Å². The predicted molar refractivity (Wildman–Crippen MR) is 152 cm³/mol. The van der Waals surface area contributed by atoms with Crippen LogP contribution in [0.4, 0.5) is 11.4 Å². The number of hydrogen-bond acceptors (Lipinski definition) is 2. The summed E-state index contributed by atoms with van der Waals surface area (Å²) in [6, 6.07) is 46.6. The average molecular weight is 462 g/mol. The first kappa shape index (κ1) is 20.5. The van der Waals surface area contributed by atoms with Crippen LogP contribution < -0.4 is 5.32 Å². The van der Waals surface area contributed by atoms with E-state index in [9.17, 15) is 0 Å². The van der Waals surface area contributed by atoms with Crippen molar-refractivity contribution < 1.29 is 4.42 Å². The van der Waals surface area contributed by atoms with Crippen molar-refractivity contribution in [3.63, 3.8) is 0 Å². The van der Waals surface area contributed by atoms with E-state index in [0.29, 0.717) is 0 Å². The minimum atomic E-state index is 0.914. The van der Waals surface area contributed by atoms with Crippen LogP contribution in [0.25, 0.3) is 55.0 Å². The predicted octanol–water partition coefficient (Wildman–Crippen LogP) is 9.82. The third-order valence-corrected chi connectivity index (χ3v) is 6.88. The second kappa shape index (κ2) is 8.44. The summed E-state index contributed by atoms with van der Waals surface area (Å²) in [5.74, 6) is 0. The number of anilines is 2. The first-order valence-electron chi connectivity index (χ1n) is 12.2. The largest absolute Gasteiger partial charge is 0.455 e. The highest BCUT2D eigenvalue weighted by Gasteiger charge is 2.16. The smallest absolute Gasteiger partial charge is 0.143 e. The van der Waals surface area contributed by atoms with Gasteiger partial charge in [-0.3, -0.25) is 0 Å². The lowest BCUT2D eigenvalue weighted by atomic mass is 9.99. The van der Waals surface area contributed by atoms with E-state index in [0.717, 1.165) is 49.8 Å². The SMILES string of the molecule is c1ccc(-c2ccc(Nc3ccccc3-c3cccc4c3oc3c5ccccc5ccc43)cc2)cc1. The van der Waals surface area contributed by atoms with Crippen LogP contribution in [0.5, 0.6) is 0 Å². The van der Waals surface area contributed by atoms with E-state index in [4.69, 9.17) is 4.42 Å². The van der Waals surface area contributed by atoms with Crippen molar-refractivity contribution in [1.82, 2.24) is 0 Å². The molecule has 0 unspecified atom stereocenters. The minimum Gasteiger partial charge on any atom is -0.455 e. The lowest BCUT2D eigenvalue weighted by Crippen LogP contribution is -1.93. The molecule has 0 radical (unpaired) electrons. The zero-order valence-corrected chi connectivity index (χ0v) is 19.6. The lowest BCUT2D eigenvalue weighted by molar-refractivity contribution is 0.674. The summed E-state index contributed by atoms with van der Waals surface area (Å²) in [6.07, 6.45) is 0. The van der Waals surface area contributed by atoms with Crippen molar-refractivity contribution in [3.8, 4) is 22.3 Å². The number of rotatable bonds is 4. The van der Waals surface area contributed by atoms with Gasteiger partial charge in [0.1, 0.15) is 11.2 Å². The highest BCUT2D eigenvalue weighted by Crippen LogP contribution is 2.41. The van der Waals surface area contributed by atoms with Crippen LogP contribution in [0.2, 0.25) is 0 Å². The molecule has 0 amide bonds. The van der Waals surface area contributed by atoms with Crippen LogP contribution in [0.3, 0.4) is 0 Å². The Labute approximate surface area is 209 Å². The molecular formula is C34H23NO. The van der Waals surface area contributed by atoms with Crippen molar-refractivity contribution >= 4 is 44.1 Å². The average Bonchev–Trinajstić information content (AvgIpc) is 3.34. The molecule has 7 aromatic rings. The molecule has 0 atom stereocenters. The van der Waals surface area contributed by atoms with E-state index in [2.05, 4.69) is 133 Å². The van der Waals surface area contributed by atoms with Crippen LogP contribution in [-0.2, 0) is 0 Å². The van der Waals surface area contributed by atoms with Gasteiger partial charge in [0.25, 0.3) is 0 Å². The van der Waals surface area contributed by atoms with Gasteiger partial charge in [-0.15, -0.1) is 0 Å². The van der Waals surface area contributed by atoms with E-state index in [1.807, 2.05) is 6.07 Å². The molecule has 6 aromatic carbocycles. The fourth-order valence-electron chi connectivity index (χ4n) is 5.10. The van der Waals surface area contributed by atoms with Gasteiger partial charge in [0.05, 0.1) is 0 Å². The number of hydrogen-bond donors (Lipinski definition) is 1. The third kappa shape index (κ3) is 3.43. The lowest BCUT2D eigenvalue weighted by Gasteiger charge is -2.13. The van der Waals surface area contributed by atoms with E-state index in [1.165, 1.54) is 16.5 Å². The van der Waals surface area contributed by atoms with Gasteiger partial charge in [-0.1, -0.05) is 109 Å². The molecule has 0 aliphatic heterocycles. The molecular weight excluding hydrogens is 438 g/mol. The highest BCUT2D eigenvalue weighted by atomic mass is 16.3. The van der Waals surface area contributed by atoms with Crippen LogP contribution in [0.15, 0.2) is 138 Å². The van der Waals surface area contributed by atoms with Gasteiger partial charge >= 0.3 is 0 Å². The maximum absolute atomic E-state index is 6.59. The Morgan fingerprint density at radius 2 is 1.08 bits per heavy atom. The molecule has 1 heterocycles. The van der Waals surface area contributed by atoms with Gasteiger partial charge in [-0.25, -0.2) is 0 Å².